The number of ketones is 1. The van der Waals surface area contributed by atoms with E-state index in [1.807, 2.05) is 128 Å². The van der Waals surface area contributed by atoms with Gasteiger partial charge in [-0.2, -0.15) is 0 Å². The van der Waals surface area contributed by atoms with E-state index in [0.29, 0.717) is 83.5 Å². The maximum atomic E-state index is 14.4. The minimum atomic E-state index is -0.939. The summed E-state index contributed by atoms with van der Waals surface area (Å²) in [5.74, 6) is -8.76. The summed E-state index contributed by atoms with van der Waals surface area (Å²) < 4.78 is 112. The minimum absolute atomic E-state index is 0.0176. The van der Waals surface area contributed by atoms with Gasteiger partial charge in [-0.1, -0.05) is 113 Å². The number of aryl methyl sites for hydroxylation is 2. The molecule has 4 aliphatic rings. The van der Waals surface area contributed by atoms with Crippen LogP contribution in [0.5, 0.6) is 0 Å². The van der Waals surface area contributed by atoms with Gasteiger partial charge in [0.25, 0.3) is 11.8 Å². The van der Waals surface area contributed by atoms with E-state index in [-0.39, 0.29) is 116 Å². The SMILES string of the molecule is COC(=O)CBr.COC1CN(C(=O)Cc2c(C)[nH]c3ccccc23)C1.COC1CN(C(=O)Cc2c(C)n(CC(=O)C[C@@H](Cc3cc(F)cc(F)c3)c3ncccc3-c3ccc(F)c(C(N)=O)c3)c3ccccc23)C1.COC1CN(C(=O)Cc2c(C)n(CC(=O)O)c3ccccc23)C1.COC1CNC1.Cc1[nH]c2ccccc2c1CC(=O)O.NC(=O)c1cc(-c2cccnc2[C@@H](N)Cc2cc(F)cc(F)c2)ccc1F. The molecule has 756 valence electrons. The van der Waals surface area contributed by atoms with Gasteiger partial charge in [-0.15, -0.1) is 0 Å². The molecule has 2 atom stereocenters. The zero-order valence-corrected chi connectivity index (χ0v) is 82.5. The smallest absolute Gasteiger partial charge is 0.323 e. The number of ether oxygens (including phenoxy) is 5. The standard InChI is InChI=1S/C38H35F3N4O4.C20H16F3N3O.C17H20N2O4.C15H18N2O2.C11H11NO2.C4H9NO.C3H5BrO2/c1-22-32(18-36(47)44-20-29(21-44)49-2)31-6-3-4-8-35(31)45(22)19-28(46)15-25(12-23-13-26(39)17-27(40)14-23)37-30(7-5-11-43-37)24-9-10-34(41)33(16-24)38(42)48;21-13-6-11(7-14(22)10-13)8-18(24)19-15(2-1-5-26-19)12-3-4-17(23)16(9-12)20(25)27;1-11-14(7-16(20)18-8-12(9-18)23-2)13-5-3-4-6-15(13)19(11)10-17(21)22;1-10-13(12-5-3-4-6-14(12)16-10)7-15(18)17-8-11(9-17)19-2;1-7-9(6-11(13)14)8-4-2-3-5-10(8)12-7;1-6-4-2-5-3-4;1-6-3(5)2-4/h3-11,13-14,16-17,25,29H,12,15,18-21H2,1-2H3,(H2,42,48);1-7,9-10,18H,8,24H2,(H2,25,27);3-6,12H,7-10H2,1-2H3,(H,21,22);3-6,11,16H,7-9H2,1-2H3;2-5,12H,6H2,1H3,(H,13,14);4-5H,2-3H2,1H3;2H2,1H3/t25-;18-;;;;;/m10...../s1. The average molecular weight is 2040 g/mol. The van der Waals surface area contributed by atoms with Crippen LogP contribution in [0.15, 0.2) is 207 Å². The first-order valence-corrected chi connectivity index (χ1v) is 47.3. The number of nitrogens with zero attached hydrogens (tertiary/aromatic N) is 7. The molecule has 8 aromatic carbocycles. The Morgan fingerprint density at radius 2 is 0.826 bits per heavy atom. The van der Waals surface area contributed by atoms with E-state index in [1.165, 1.54) is 61.8 Å². The van der Waals surface area contributed by atoms with Crippen LogP contribution in [-0.2, 0) is 109 Å². The molecule has 18 rings (SSSR count). The van der Waals surface area contributed by atoms with Gasteiger partial charge in [0, 0.05) is 195 Å². The highest BCUT2D eigenvalue weighted by molar-refractivity contribution is 9.09. The summed E-state index contributed by atoms with van der Waals surface area (Å²) in [7, 11) is 8.06. The predicted molar refractivity (Wildman–Crippen MR) is 537 cm³/mol. The number of benzene rings is 8. The number of hydrogen-bond acceptors (Lipinski definition) is 18. The quantitative estimate of drug-likeness (QED) is 0.0123. The number of rotatable bonds is 29. The normalized spacial score (nSPS) is 13.7. The van der Waals surface area contributed by atoms with Crippen molar-refractivity contribution in [3.05, 3.63) is 320 Å². The number of carbonyl (C=O) groups excluding carboxylic acids is 7. The lowest BCUT2D eigenvalue weighted by molar-refractivity contribution is -0.142. The number of hydrogen-bond donors (Lipinski definition) is 8. The first-order valence-electron chi connectivity index (χ1n) is 46.2. The molecule has 144 heavy (non-hydrogen) atoms. The molecule has 36 heteroatoms. The summed E-state index contributed by atoms with van der Waals surface area (Å²) in [6.45, 7) is 13.4. The second kappa shape index (κ2) is 50.4. The number of aromatic amines is 2. The van der Waals surface area contributed by atoms with Crippen LogP contribution >= 0.6 is 15.9 Å². The first-order chi connectivity index (χ1) is 69.0. The highest BCUT2D eigenvalue weighted by Gasteiger charge is 2.36. The number of aromatic nitrogens is 6. The van der Waals surface area contributed by atoms with Gasteiger partial charge in [0.05, 0.1) is 92.3 Å². The molecule has 0 saturated carbocycles. The fourth-order valence-electron chi connectivity index (χ4n) is 17.5. The molecule has 29 nitrogen and oxygen atoms in total. The van der Waals surface area contributed by atoms with Crippen LogP contribution in [0.4, 0.5) is 26.3 Å². The molecule has 4 aliphatic heterocycles. The Labute approximate surface area is 835 Å². The summed E-state index contributed by atoms with van der Waals surface area (Å²) in [4.78, 5) is 128. The molecule has 6 aromatic heterocycles. The van der Waals surface area contributed by atoms with Gasteiger partial charge >= 0.3 is 17.9 Å². The van der Waals surface area contributed by atoms with Crippen molar-refractivity contribution >= 4 is 113 Å². The van der Waals surface area contributed by atoms with Crippen LogP contribution in [0.2, 0.25) is 0 Å². The lowest BCUT2D eigenvalue weighted by atomic mass is 9.86. The number of fused-ring (bicyclic) bond motifs is 4. The van der Waals surface area contributed by atoms with Crippen LogP contribution in [0.25, 0.3) is 65.9 Å². The number of amides is 5. The van der Waals surface area contributed by atoms with Crippen LogP contribution in [-0.4, -0.2) is 225 Å². The molecule has 4 fully saturated rings. The van der Waals surface area contributed by atoms with Crippen molar-refractivity contribution < 1.29 is 103 Å². The number of likely N-dealkylation sites (tertiary alicyclic amines) is 3. The highest BCUT2D eigenvalue weighted by Crippen LogP contribution is 2.38. The fraction of sp³-hybridized carbons (Fsp3) is 0.306. The van der Waals surface area contributed by atoms with Gasteiger partial charge in [0.15, 0.2) is 5.78 Å². The third kappa shape index (κ3) is 27.7. The van der Waals surface area contributed by atoms with Gasteiger partial charge in [-0.25, -0.2) is 26.3 Å². The number of nitrogens with two attached hydrogens (primary N) is 3. The van der Waals surface area contributed by atoms with Crippen molar-refractivity contribution in [3.63, 3.8) is 0 Å². The topological polar surface area (TPSA) is 407 Å². The number of carboxylic acids is 2. The maximum Gasteiger partial charge on any atom is 0.323 e. The summed E-state index contributed by atoms with van der Waals surface area (Å²) >= 11 is 2.90. The van der Waals surface area contributed by atoms with Gasteiger partial charge < -0.3 is 90.2 Å². The Morgan fingerprint density at radius 3 is 1.20 bits per heavy atom. The van der Waals surface area contributed by atoms with E-state index in [2.05, 4.69) is 52.0 Å². The zero-order valence-electron chi connectivity index (χ0n) is 80.9. The number of alkyl halides is 1. The summed E-state index contributed by atoms with van der Waals surface area (Å²) in [6.07, 6.45) is 5.13. The number of carboxylic acid groups (broad SMARTS) is 2. The summed E-state index contributed by atoms with van der Waals surface area (Å²) in [5, 5.41) is 25.2. The number of Topliss-reactive ketones (excluding diaryl/α,β-unsaturated/α-hetero) is 1. The zero-order chi connectivity index (χ0) is 104. The first kappa shape index (κ1) is 108. The lowest BCUT2D eigenvalue weighted by Crippen LogP contribution is -2.54. The molecule has 10 heterocycles. The predicted octanol–water partition coefficient (Wildman–Crippen LogP) is 15.0. The van der Waals surface area contributed by atoms with E-state index >= 15 is 0 Å². The van der Waals surface area contributed by atoms with E-state index in [0.717, 1.165) is 139 Å². The number of aliphatic carboxylic acids is 2. The lowest BCUT2D eigenvalue weighted by Gasteiger charge is -2.38. The van der Waals surface area contributed by atoms with Gasteiger partial charge in [-0.05, 0) is 170 Å². The van der Waals surface area contributed by atoms with Crippen molar-refractivity contribution in [1.29, 1.82) is 0 Å². The third-order valence-electron chi connectivity index (χ3n) is 25.5. The van der Waals surface area contributed by atoms with Crippen molar-refractivity contribution in [2.75, 3.05) is 93.2 Å². The largest absolute Gasteiger partial charge is 0.481 e. The Bertz CT molecular complexity index is 6940. The Morgan fingerprint density at radius 1 is 0.444 bits per heavy atom. The molecule has 0 bridgehead atoms. The number of H-pyrrole nitrogens is 2. The Balaban J connectivity index is 0.000000165. The van der Waals surface area contributed by atoms with E-state index in [1.54, 1.807) is 73.3 Å². The number of esters is 1. The van der Waals surface area contributed by atoms with Gasteiger partial charge in [0.1, 0.15) is 46.8 Å². The Kier molecular flexibility index (Phi) is 37.9. The molecule has 0 radical (unpaired) electrons. The number of halogens is 7. The number of nitrogens with one attached hydrogen (secondary N) is 3. The number of para-hydroxylation sites is 4. The second-order valence-electron chi connectivity index (χ2n) is 35.1. The number of carbonyl (C=O) groups is 9. The number of pyridine rings is 2. The van der Waals surface area contributed by atoms with Crippen molar-refractivity contribution in [3.8, 4) is 22.3 Å². The molecule has 14 aromatic rings. The molecule has 0 unspecified atom stereocenters. The van der Waals surface area contributed by atoms with Crippen molar-refractivity contribution in [1.82, 2.24) is 49.1 Å². The van der Waals surface area contributed by atoms with Crippen LogP contribution in [0.3, 0.4) is 0 Å². The number of methoxy groups -OCH3 is 5. The van der Waals surface area contributed by atoms with Crippen LogP contribution < -0.4 is 22.5 Å². The average Bonchev–Trinajstić information content (AvgIpc) is 1.59. The van der Waals surface area contributed by atoms with Crippen molar-refractivity contribution in [2.45, 2.75) is 122 Å². The van der Waals surface area contributed by atoms with Crippen molar-refractivity contribution in [2.24, 2.45) is 17.2 Å². The van der Waals surface area contributed by atoms with E-state index < -0.39 is 70.6 Å². The molecule has 0 spiro atoms. The number of primary amides is 2. The molecular formula is C108H114BrF6N13O16. The second-order valence-corrected chi connectivity index (χ2v) is 35.6. The fourth-order valence-corrected chi connectivity index (χ4v) is 17.7. The van der Waals surface area contributed by atoms with Crippen LogP contribution in [0.1, 0.15) is 107 Å². The molecule has 11 N–H and O–H groups in total. The summed E-state index contributed by atoms with van der Waals surface area (Å²) in [6, 6.07) is 51.5. The minimum Gasteiger partial charge on any atom is -0.481 e. The van der Waals surface area contributed by atoms with E-state index in [4.69, 9.17) is 46.4 Å². The molecule has 5 amide bonds. The summed E-state index contributed by atoms with van der Waals surface area (Å²) in [5.41, 5.74) is 31.1. The highest BCUT2D eigenvalue weighted by atomic mass is 79.9. The molecule has 4 saturated heterocycles. The molecular weight excluding hydrogens is 1930 g/mol. The third-order valence-corrected chi connectivity index (χ3v) is 25.9. The van der Waals surface area contributed by atoms with Gasteiger partial charge in [0.2, 0.25) is 17.7 Å². The van der Waals surface area contributed by atoms with Crippen LogP contribution in [0, 0.1) is 62.6 Å². The Hall–Kier alpha value is -14.5. The monoisotopic (exact) mass is 2040 g/mol. The molecule has 0 aliphatic carbocycles. The maximum absolute atomic E-state index is 14.4. The van der Waals surface area contributed by atoms with Gasteiger partial charge in [-0.3, -0.25) is 53.1 Å². The van der Waals surface area contributed by atoms with E-state index in [9.17, 15) is 69.5 Å².